The van der Waals surface area contributed by atoms with E-state index < -0.39 is 0 Å². The van der Waals surface area contributed by atoms with Crippen LogP contribution in [0.5, 0.6) is 0 Å². The van der Waals surface area contributed by atoms with Crippen LogP contribution < -0.4 is 4.90 Å². The first-order valence-electron chi connectivity index (χ1n) is 18.7. The van der Waals surface area contributed by atoms with E-state index in [0.29, 0.717) is 0 Å². The topological polar surface area (TPSA) is 29.5 Å². The molecular formula is C52H33NO2. The van der Waals surface area contributed by atoms with Crippen molar-refractivity contribution in [2.45, 2.75) is 0 Å². The average molecular weight is 704 g/mol. The summed E-state index contributed by atoms with van der Waals surface area (Å²) in [6, 6.07) is 70.8. The quantitative estimate of drug-likeness (QED) is 0.173. The van der Waals surface area contributed by atoms with Gasteiger partial charge in [0.2, 0.25) is 0 Å². The molecule has 55 heavy (non-hydrogen) atoms. The maximum absolute atomic E-state index is 7.19. The van der Waals surface area contributed by atoms with E-state index in [2.05, 4.69) is 193 Å². The fourth-order valence-corrected chi connectivity index (χ4v) is 8.34. The number of benzene rings is 9. The number of hydrogen-bond acceptors (Lipinski definition) is 3. The molecule has 9 aromatic carbocycles. The Hall–Kier alpha value is -7.36. The van der Waals surface area contributed by atoms with E-state index in [4.69, 9.17) is 8.83 Å². The molecule has 0 unspecified atom stereocenters. The van der Waals surface area contributed by atoms with Crippen molar-refractivity contribution in [3.05, 3.63) is 200 Å². The Morgan fingerprint density at radius 1 is 0.327 bits per heavy atom. The molecule has 0 bridgehead atoms. The van der Waals surface area contributed by atoms with Gasteiger partial charge in [0.15, 0.2) is 5.58 Å². The van der Waals surface area contributed by atoms with Crippen LogP contribution in [0, 0.1) is 0 Å². The van der Waals surface area contributed by atoms with Crippen LogP contribution in [0.2, 0.25) is 0 Å². The summed E-state index contributed by atoms with van der Waals surface area (Å²) in [7, 11) is 0. The highest BCUT2D eigenvalue weighted by molar-refractivity contribution is 6.18. The van der Waals surface area contributed by atoms with Crippen LogP contribution in [0.4, 0.5) is 17.1 Å². The second-order valence-corrected chi connectivity index (χ2v) is 14.0. The molecule has 0 fully saturated rings. The predicted molar refractivity (Wildman–Crippen MR) is 229 cm³/mol. The molecule has 0 radical (unpaired) electrons. The van der Waals surface area contributed by atoms with Gasteiger partial charge in [-0.25, -0.2) is 0 Å². The van der Waals surface area contributed by atoms with Crippen molar-refractivity contribution < 1.29 is 8.83 Å². The first-order chi connectivity index (χ1) is 27.3. The molecule has 0 aliphatic rings. The number of anilines is 3. The summed E-state index contributed by atoms with van der Waals surface area (Å²) in [4.78, 5) is 2.37. The Morgan fingerprint density at radius 3 is 1.65 bits per heavy atom. The molecule has 0 atom stereocenters. The zero-order valence-corrected chi connectivity index (χ0v) is 29.8. The van der Waals surface area contributed by atoms with E-state index >= 15 is 0 Å². The second-order valence-electron chi connectivity index (χ2n) is 14.0. The maximum Gasteiger partial charge on any atom is 0.159 e. The van der Waals surface area contributed by atoms with Crippen molar-refractivity contribution in [2.75, 3.05) is 4.90 Å². The van der Waals surface area contributed by atoms with Gasteiger partial charge in [-0.05, 0) is 81.1 Å². The van der Waals surface area contributed by atoms with Gasteiger partial charge in [-0.15, -0.1) is 0 Å². The Balaban J connectivity index is 1.23. The zero-order valence-electron chi connectivity index (χ0n) is 29.8. The molecule has 3 nitrogen and oxygen atoms in total. The van der Waals surface area contributed by atoms with E-state index in [0.717, 1.165) is 94.3 Å². The summed E-state index contributed by atoms with van der Waals surface area (Å²) < 4.78 is 13.7. The molecule has 2 heterocycles. The lowest BCUT2D eigenvalue weighted by Crippen LogP contribution is -2.11. The standard InChI is InChI=1S/C52H33NO2/c1-3-15-34(16-4-1)37-31-38(35-17-5-2-6-18-35)33-39(32-37)53(46-27-14-30-49-50(46)45-22-9-10-29-48(45)54-49)47-28-13-26-44-43-25-12-24-42(51(43)55-52(44)47)41-23-11-20-36-19-7-8-21-40(36)41/h1-33H. The fraction of sp³-hybridized carbons (Fsp3) is 0. The third kappa shape index (κ3) is 5.13. The van der Waals surface area contributed by atoms with Gasteiger partial charge >= 0.3 is 0 Å². The van der Waals surface area contributed by atoms with Gasteiger partial charge < -0.3 is 13.7 Å². The van der Waals surface area contributed by atoms with E-state index in [9.17, 15) is 0 Å². The van der Waals surface area contributed by atoms with Crippen LogP contribution in [-0.2, 0) is 0 Å². The highest BCUT2D eigenvalue weighted by Crippen LogP contribution is 2.49. The van der Waals surface area contributed by atoms with Crippen LogP contribution in [0.1, 0.15) is 0 Å². The summed E-state index contributed by atoms with van der Waals surface area (Å²) >= 11 is 0. The smallest absolute Gasteiger partial charge is 0.159 e. The molecule has 0 saturated carbocycles. The molecule has 258 valence electrons. The van der Waals surface area contributed by atoms with Gasteiger partial charge in [-0.2, -0.15) is 0 Å². The number of fused-ring (bicyclic) bond motifs is 7. The minimum absolute atomic E-state index is 0.821. The number of rotatable bonds is 6. The second kappa shape index (κ2) is 12.6. The molecule has 11 rings (SSSR count). The predicted octanol–water partition coefficient (Wildman–Crippen LogP) is 15.1. The summed E-state index contributed by atoms with van der Waals surface area (Å²) in [5, 5.41) is 6.66. The first-order valence-corrected chi connectivity index (χ1v) is 18.7. The Morgan fingerprint density at radius 2 is 0.873 bits per heavy atom. The van der Waals surface area contributed by atoms with Crippen LogP contribution in [-0.4, -0.2) is 0 Å². The highest BCUT2D eigenvalue weighted by atomic mass is 16.3. The monoisotopic (exact) mass is 703 g/mol. The lowest BCUT2D eigenvalue weighted by molar-refractivity contribution is 0.668. The fourth-order valence-electron chi connectivity index (χ4n) is 8.34. The van der Waals surface area contributed by atoms with Crippen LogP contribution in [0.25, 0.3) is 88.0 Å². The van der Waals surface area contributed by atoms with Gasteiger partial charge in [-0.3, -0.25) is 0 Å². The Bertz CT molecular complexity index is 3150. The molecule has 3 heteroatoms. The van der Waals surface area contributed by atoms with Crippen LogP contribution in [0.3, 0.4) is 0 Å². The number of furan rings is 2. The van der Waals surface area contributed by atoms with Gasteiger partial charge in [0.1, 0.15) is 16.7 Å². The molecule has 0 aliphatic heterocycles. The highest BCUT2D eigenvalue weighted by Gasteiger charge is 2.25. The molecule has 0 aliphatic carbocycles. The first kappa shape index (κ1) is 31.2. The minimum atomic E-state index is 0.821. The Labute approximate surface area is 317 Å². The largest absolute Gasteiger partial charge is 0.456 e. The number of para-hydroxylation sites is 3. The zero-order chi connectivity index (χ0) is 36.3. The normalized spacial score (nSPS) is 11.6. The van der Waals surface area contributed by atoms with E-state index in [1.807, 2.05) is 12.1 Å². The third-order valence-electron chi connectivity index (χ3n) is 10.8. The molecule has 2 aromatic heterocycles. The molecule has 11 aromatic rings. The maximum atomic E-state index is 7.19. The average Bonchev–Trinajstić information content (AvgIpc) is 3.84. The van der Waals surface area contributed by atoms with Crippen LogP contribution >= 0.6 is 0 Å². The molecule has 0 amide bonds. The summed E-state index contributed by atoms with van der Waals surface area (Å²) in [6.07, 6.45) is 0. The summed E-state index contributed by atoms with van der Waals surface area (Å²) in [5.74, 6) is 0. The van der Waals surface area contributed by atoms with Crippen LogP contribution in [0.15, 0.2) is 209 Å². The van der Waals surface area contributed by atoms with Crippen molar-refractivity contribution in [2.24, 2.45) is 0 Å². The van der Waals surface area contributed by atoms with Gasteiger partial charge in [0.05, 0.1) is 16.8 Å². The van der Waals surface area contributed by atoms with E-state index in [1.165, 1.54) is 10.8 Å². The van der Waals surface area contributed by atoms with Crippen molar-refractivity contribution in [3.8, 4) is 33.4 Å². The summed E-state index contributed by atoms with van der Waals surface area (Å²) in [6.45, 7) is 0. The lowest BCUT2D eigenvalue weighted by Gasteiger charge is -2.27. The van der Waals surface area contributed by atoms with Crippen molar-refractivity contribution >= 4 is 71.7 Å². The van der Waals surface area contributed by atoms with Gasteiger partial charge in [-0.1, -0.05) is 158 Å². The molecular weight excluding hydrogens is 671 g/mol. The van der Waals surface area contributed by atoms with Gasteiger partial charge in [0, 0.05) is 27.4 Å². The van der Waals surface area contributed by atoms with Crippen molar-refractivity contribution in [1.82, 2.24) is 0 Å². The van der Waals surface area contributed by atoms with Gasteiger partial charge in [0.25, 0.3) is 0 Å². The third-order valence-corrected chi connectivity index (χ3v) is 10.8. The molecule has 0 spiro atoms. The van der Waals surface area contributed by atoms with E-state index in [1.54, 1.807) is 0 Å². The molecule has 0 saturated heterocycles. The Kier molecular flexibility index (Phi) is 7.17. The van der Waals surface area contributed by atoms with Crippen molar-refractivity contribution in [3.63, 3.8) is 0 Å². The number of nitrogens with zero attached hydrogens (tertiary/aromatic N) is 1. The SMILES string of the molecule is c1ccc(-c2cc(-c3ccccc3)cc(N(c3cccc4c3oc3c(-c5cccc6ccccc56)cccc34)c3cccc4oc5ccccc5c34)c2)cc1. The summed E-state index contributed by atoms with van der Waals surface area (Å²) in [5.41, 5.74) is 13.1. The minimum Gasteiger partial charge on any atom is -0.456 e. The molecule has 0 N–H and O–H groups in total. The number of hydrogen-bond donors (Lipinski definition) is 0. The van der Waals surface area contributed by atoms with Crippen molar-refractivity contribution in [1.29, 1.82) is 0 Å². The lowest BCUT2D eigenvalue weighted by atomic mass is 9.96. The van der Waals surface area contributed by atoms with E-state index in [-0.39, 0.29) is 0 Å².